The van der Waals surface area contributed by atoms with Gasteiger partial charge in [0.05, 0.1) is 5.33 Å². The van der Waals surface area contributed by atoms with Crippen LogP contribution in [0, 0.1) is 0 Å². The molecule has 12 heavy (non-hydrogen) atoms. The van der Waals surface area contributed by atoms with Crippen molar-refractivity contribution in [2.75, 3.05) is 11.9 Å². The number of carbonyl (C=O) groups is 2. The van der Waals surface area contributed by atoms with Crippen LogP contribution in [0.2, 0.25) is 0 Å². The fraction of sp³-hybridized carbons (Fsp3) is 0.667. The Morgan fingerprint density at radius 1 is 1.25 bits per heavy atom. The van der Waals surface area contributed by atoms with E-state index in [0.29, 0.717) is 24.7 Å². The monoisotopic (exact) mass is 300 g/mol. The molecule has 4 nitrogen and oxygen atoms in total. The minimum absolute atomic E-state index is 0.0609. The number of hydrogen-bond acceptors (Lipinski definition) is 2. The maximum absolute atomic E-state index is 10.7. The van der Waals surface area contributed by atoms with E-state index in [1.807, 2.05) is 0 Å². The van der Waals surface area contributed by atoms with Gasteiger partial charge in [-0.3, -0.25) is 13.9 Å². The average Bonchev–Trinajstić information content (AvgIpc) is 2.11. The van der Waals surface area contributed by atoms with Crippen LogP contribution in [-0.4, -0.2) is 23.7 Å². The Hall–Kier alpha value is -0.100. The van der Waals surface area contributed by atoms with Crippen molar-refractivity contribution in [1.29, 1.82) is 0 Å². The summed E-state index contributed by atoms with van der Waals surface area (Å²) in [5.74, 6) is -0.141. The van der Waals surface area contributed by atoms with Gasteiger partial charge in [-0.05, 0) is 6.42 Å². The average molecular weight is 302 g/mol. The van der Waals surface area contributed by atoms with Gasteiger partial charge in [-0.2, -0.15) is 0 Å². The zero-order valence-electron chi connectivity index (χ0n) is 6.40. The molecule has 0 aliphatic carbocycles. The summed E-state index contributed by atoms with van der Waals surface area (Å²) >= 11 is 5.83. The van der Waals surface area contributed by atoms with E-state index in [2.05, 4.69) is 41.7 Å². The number of rotatable bonds is 5. The van der Waals surface area contributed by atoms with Crippen molar-refractivity contribution in [2.45, 2.75) is 12.8 Å². The SMILES string of the molecule is O=C(CCCNC(=O)CBr)NBr. The van der Waals surface area contributed by atoms with Crippen molar-refractivity contribution < 1.29 is 9.59 Å². The highest BCUT2D eigenvalue weighted by atomic mass is 79.9. The second kappa shape index (κ2) is 7.54. The Balaban J connectivity index is 3.21. The molecule has 0 aromatic carbocycles. The second-order valence-corrected chi connectivity index (χ2v) is 3.06. The fourth-order valence-electron chi connectivity index (χ4n) is 0.571. The summed E-state index contributed by atoms with van der Waals surface area (Å²) in [4.78, 5) is 21.3. The van der Waals surface area contributed by atoms with Crippen molar-refractivity contribution in [3.05, 3.63) is 0 Å². The topological polar surface area (TPSA) is 58.2 Å². The third-order valence-electron chi connectivity index (χ3n) is 1.13. The van der Waals surface area contributed by atoms with E-state index >= 15 is 0 Å². The molecule has 2 N–H and O–H groups in total. The minimum Gasteiger partial charge on any atom is -0.355 e. The Labute approximate surface area is 87.9 Å². The summed E-state index contributed by atoms with van der Waals surface area (Å²) in [5.41, 5.74) is 0. The standard InChI is InChI=1S/C6H10Br2N2O2/c7-4-6(12)9-3-1-2-5(11)10-8/h1-4H2,(H,9,12)(H,10,11). The van der Waals surface area contributed by atoms with E-state index in [4.69, 9.17) is 0 Å². The maximum atomic E-state index is 10.7. The van der Waals surface area contributed by atoms with Gasteiger partial charge in [-0.25, -0.2) is 0 Å². The van der Waals surface area contributed by atoms with Gasteiger partial charge in [0.1, 0.15) is 0 Å². The van der Waals surface area contributed by atoms with Crippen LogP contribution in [0.1, 0.15) is 12.8 Å². The Morgan fingerprint density at radius 3 is 2.42 bits per heavy atom. The lowest BCUT2D eigenvalue weighted by Gasteiger charge is -2.01. The fourth-order valence-corrected chi connectivity index (χ4v) is 0.968. The molecule has 0 heterocycles. The van der Waals surface area contributed by atoms with Crippen LogP contribution >= 0.6 is 32.1 Å². The quantitative estimate of drug-likeness (QED) is 0.446. The van der Waals surface area contributed by atoms with Crippen LogP contribution in [0.25, 0.3) is 0 Å². The lowest BCUT2D eigenvalue weighted by molar-refractivity contribution is -0.120. The number of nitrogens with one attached hydrogen (secondary N) is 2. The van der Waals surface area contributed by atoms with Crippen LogP contribution in [0.4, 0.5) is 0 Å². The first-order chi connectivity index (χ1) is 5.70. The van der Waals surface area contributed by atoms with Gasteiger partial charge in [0, 0.05) is 29.1 Å². The van der Waals surface area contributed by atoms with Gasteiger partial charge in [0.25, 0.3) is 0 Å². The third kappa shape index (κ3) is 6.60. The van der Waals surface area contributed by atoms with E-state index in [9.17, 15) is 9.59 Å². The molecule has 0 aromatic rings. The first kappa shape index (κ1) is 11.9. The highest BCUT2D eigenvalue weighted by Crippen LogP contribution is 1.88. The van der Waals surface area contributed by atoms with E-state index < -0.39 is 0 Å². The summed E-state index contributed by atoms with van der Waals surface area (Å²) < 4.78 is 2.32. The number of carbonyl (C=O) groups excluding carboxylic acids is 2. The predicted molar refractivity (Wildman–Crippen MR) is 53.1 cm³/mol. The molecule has 0 saturated heterocycles. The molecule has 0 fully saturated rings. The zero-order valence-corrected chi connectivity index (χ0v) is 9.57. The number of hydrogen-bond donors (Lipinski definition) is 2. The summed E-state index contributed by atoms with van der Waals surface area (Å²) in [6.07, 6.45) is 1.06. The molecule has 0 unspecified atom stereocenters. The molecule has 0 spiro atoms. The van der Waals surface area contributed by atoms with Crippen LogP contribution in [0.3, 0.4) is 0 Å². The van der Waals surface area contributed by atoms with Crippen molar-refractivity contribution in [2.24, 2.45) is 0 Å². The highest BCUT2D eigenvalue weighted by Gasteiger charge is 1.99. The first-order valence-corrected chi connectivity index (χ1v) is 5.34. The highest BCUT2D eigenvalue weighted by molar-refractivity contribution is 9.09. The van der Waals surface area contributed by atoms with Crippen molar-refractivity contribution in [1.82, 2.24) is 9.66 Å². The second-order valence-electron chi connectivity index (χ2n) is 2.10. The molecule has 70 valence electrons. The smallest absolute Gasteiger partial charge is 0.230 e. The molecule has 0 bridgehead atoms. The van der Waals surface area contributed by atoms with Gasteiger partial charge >= 0.3 is 0 Å². The Bertz CT molecular complexity index is 146. The van der Waals surface area contributed by atoms with E-state index in [-0.39, 0.29) is 11.8 Å². The van der Waals surface area contributed by atoms with Crippen LogP contribution in [0.15, 0.2) is 0 Å². The number of amides is 2. The molecule has 0 atom stereocenters. The molecule has 0 saturated carbocycles. The summed E-state index contributed by atoms with van der Waals surface area (Å²) in [5, 5.41) is 2.93. The molecule has 2 amide bonds. The predicted octanol–water partition coefficient (Wildman–Crippen LogP) is 0.704. The Morgan fingerprint density at radius 2 is 1.92 bits per heavy atom. The van der Waals surface area contributed by atoms with Crippen molar-refractivity contribution in [3.8, 4) is 0 Å². The molecule has 0 radical (unpaired) electrons. The first-order valence-electron chi connectivity index (χ1n) is 3.43. The van der Waals surface area contributed by atoms with Gasteiger partial charge in [0.2, 0.25) is 11.8 Å². The molecule has 0 aliphatic rings. The molecular weight excluding hydrogens is 292 g/mol. The van der Waals surface area contributed by atoms with Gasteiger partial charge in [0.15, 0.2) is 0 Å². The number of halogens is 2. The van der Waals surface area contributed by atoms with Gasteiger partial charge in [-0.1, -0.05) is 15.9 Å². The zero-order chi connectivity index (χ0) is 9.40. The van der Waals surface area contributed by atoms with Crippen LogP contribution < -0.4 is 9.66 Å². The number of alkyl halides is 1. The summed E-state index contributed by atoms with van der Waals surface area (Å²) in [7, 11) is 0. The largest absolute Gasteiger partial charge is 0.355 e. The molecule has 6 heteroatoms. The molecular formula is C6H10Br2N2O2. The van der Waals surface area contributed by atoms with Gasteiger partial charge in [-0.15, -0.1) is 0 Å². The lowest BCUT2D eigenvalue weighted by atomic mass is 10.3. The van der Waals surface area contributed by atoms with Crippen LogP contribution in [0.5, 0.6) is 0 Å². The van der Waals surface area contributed by atoms with Crippen molar-refractivity contribution >= 4 is 43.9 Å². The Kier molecular flexibility index (Phi) is 7.48. The summed E-state index contributed by atoms with van der Waals surface area (Å²) in [6.45, 7) is 0.533. The van der Waals surface area contributed by atoms with Crippen molar-refractivity contribution in [3.63, 3.8) is 0 Å². The van der Waals surface area contributed by atoms with Crippen LogP contribution in [-0.2, 0) is 9.59 Å². The normalized spacial score (nSPS) is 9.17. The maximum Gasteiger partial charge on any atom is 0.230 e. The third-order valence-corrected chi connectivity index (χ3v) is 2.08. The molecule has 0 rings (SSSR count). The molecule has 0 aliphatic heterocycles. The van der Waals surface area contributed by atoms with E-state index in [1.54, 1.807) is 0 Å². The lowest BCUT2D eigenvalue weighted by Crippen LogP contribution is -2.26. The van der Waals surface area contributed by atoms with E-state index in [0.717, 1.165) is 0 Å². The van der Waals surface area contributed by atoms with Gasteiger partial charge < -0.3 is 5.32 Å². The minimum atomic E-state index is -0.0805. The van der Waals surface area contributed by atoms with E-state index in [1.165, 1.54) is 0 Å². The summed E-state index contributed by atoms with van der Waals surface area (Å²) in [6, 6.07) is 0. The molecule has 0 aromatic heterocycles.